The highest BCUT2D eigenvalue weighted by molar-refractivity contribution is 7.16. The van der Waals surface area contributed by atoms with Gasteiger partial charge in [0.15, 0.2) is 0 Å². The van der Waals surface area contributed by atoms with Crippen LogP contribution in [0, 0.1) is 0 Å². The molecule has 0 radical (unpaired) electrons. The van der Waals surface area contributed by atoms with Crippen molar-refractivity contribution in [3.05, 3.63) is 17.8 Å². The predicted octanol–water partition coefficient (Wildman–Crippen LogP) is 3.06. The van der Waals surface area contributed by atoms with Gasteiger partial charge < -0.3 is 10.1 Å². The molecule has 96 valence electrons. The van der Waals surface area contributed by atoms with Crippen LogP contribution in [0.3, 0.4) is 0 Å². The van der Waals surface area contributed by atoms with Crippen LogP contribution in [0.4, 0.5) is 5.82 Å². The molecule has 5 heteroatoms. The lowest BCUT2D eigenvalue weighted by atomic mass is 10.1. The molecule has 1 unspecified atom stereocenters. The van der Waals surface area contributed by atoms with Crippen LogP contribution < -0.4 is 5.32 Å². The van der Waals surface area contributed by atoms with Crippen LogP contribution in [0.5, 0.6) is 0 Å². The summed E-state index contributed by atoms with van der Waals surface area (Å²) in [5.74, 6) is 0.942. The topological polar surface area (TPSA) is 47.0 Å². The molecule has 1 atom stereocenters. The molecule has 0 aromatic carbocycles. The third-order valence-corrected chi connectivity index (χ3v) is 4.12. The molecular weight excluding hydrogens is 246 g/mol. The van der Waals surface area contributed by atoms with Gasteiger partial charge in [0.2, 0.25) is 0 Å². The van der Waals surface area contributed by atoms with Crippen molar-refractivity contribution in [1.29, 1.82) is 0 Å². The lowest BCUT2D eigenvalue weighted by Gasteiger charge is -2.22. The van der Waals surface area contributed by atoms with Crippen LogP contribution in [0.15, 0.2) is 17.8 Å². The quantitative estimate of drug-likeness (QED) is 0.921. The Morgan fingerprint density at radius 2 is 2.39 bits per heavy atom. The van der Waals surface area contributed by atoms with E-state index in [9.17, 15) is 0 Å². The highest BCUT2D eigenvalue weighted by Gasteiger charge is 2.13. The minimum Gasteiger partial charge on any atom is -0.378 e. The normalized spacial score (nSPS) is 20.1. The lowest BCUT2D eigenvalue weighted by molar-refractivity contribution is 0.0134. The van der Waals surface area contributed by atoms with Gasteiger partial charge in [-0.2, -0.15) is 0 Å². The van der Waals surface area contributed by atoms with Crippen molar-refractivity contribution in [3.63, 3.8) is 0 Å². The summed E-state index contributed by atoms with van der Waals surface area (Å²) in [5, 5.41) is 6.56. The predicted molar refractivity (Wildman–Crippen MR) is 74.1 cm³/mol. The van der Waals surface area contributed by atoms with E-state index < -0.39 is 0 Å². The van der Waals surface area contributed by atoms with E-state index in [0.29, 0.717) is 6.10 Å². The molecule has 0 amide bonds. The van der Waals surface area contributed by atoms with Crippen LogP contribution in [0.1, 0.15) is 25.7 Å². The Labute approximate surface area is 110 Å². The van der Waals surface area contributed by atoms with E-state index in [-0.39, 0.29) is 0 Å². The van der Waals surface area contributed by atoms with Crippen LogP contribution in [-0.2, 0) is 4.74 Å². The molecule has 0 aliphatic carbocycles. The molecular formula is C13H17N3OS. The van der Waals surface area contributed by atoms with Gasteiger partial charge in [-0.05, 0) is 37.1 Å². The van der Waals surface area contributed by atoms with Crippen molar-refractivity contribution in [1.82, 2.24) is 9.97 Å². The van der Waals surface area contributed by atoms with E-state index >= 15 is 0 Å². The Kier molecular flexibility index (Phi) is 3.71. The summed E-state index contributed by atoms with van der Waals surface area (Å²) in [6.07, 6.45) is 6.80. The van der Waals surface area contributed by atoms with E-state index in [1.807, 2.05) is 0 Å². The second-order valence-corrected chi connectivity index (χ2v) is 5.46. The number of anilines is 1. The van der Waals surface area contributed by atoms with E-state index in [4.69, 9.17) is 4.74 Å². The fourth-order valence-electron chi connectivity index (χ4n) is 2.32. The maximum Gasteiger partial charge on any atom is 0.138 e. The molecule has 1 aliphatic heterocycles. The highest BCUT2D eigenvalue weighted by Crippen LogP contribution is 2.24. The largest absolute Gasteiger partial charge is 0.378 e. The summed E-state index contributed by atoms with van der Waals surface area (Å²) in [4.78, 5) is 9.59. The SMILES string of the molecule is c1nc(NCCC2CCCCO2)c2ccsc2n1. The zero-order chi connectivity index (χ0) is 12.2. The molecule has 1 fully saturated rings. The lowest BCUT2D eigenvalue weighted by Crippen LogP contribution is -2.22. The monoisotopic (exact) mass is 263 g/mol. The van der Waals surface area contributed by atoms with Gasteiger partial charge in [-0.3, -0.25) is 0 Å². The number of fused-ring (bicyclic) bond motifs is 1. The van der Waals surface area contributed by atoms with E-state index in [0.717, 1.165) is 35.6 Å². The van der Waals surface area contributed by atoms with Crippen LogP contribution in [0.2, 0.25) is 0 Å². The molecule has 0 bridgehead atoms. The molecule has 3 rings (SSSR count). The number of nitrogens with one attached hydrogen (secondary N) is 1. The number of aromatic nitrogens is 2. The maximum absolute atomic E-state index is 5.72. The van der Waals surface area contributed by atoms with Gasteiger partial charge in [-0.1, -0.05) is 0 Å². The average molecular weight is 263 g/mol. The maximum atomic E-state index is 5.72. The first-order valence-corrected chi connectivity index (χ1v) is 7.35. The highest BCUT2D eigenvalue weighted by atomic mass is 32.1. The number of rotatable bonds is 4. The fourth-order valence-corrected chi connectivity index (χ4v) is 3.05. The fraction of sp³-hybridized carbons (Fsp3) is 0.538. The number of nitrogens with zero attached hydrogens (tertiary/aromatic N) is 2. The zero-order valence-corrected chi connectivity index (χ0v) is 11.1. The average Bonchev–Trinajstić information content (AvgIpc) is 2.89. The second-order valence-electron chi connectivity index (χ2n) is 4.57. The van der Waals surface area contributed by atoms with E-state index in [1.165, 1.54) is 19.3 Å². The summed E-state index contributed by atoms with van der Waals surface area (Å²) >= 11 is 1.65. The molecule has 0 saturated carbocycles. The molecule has 2 aromatic heterocycles. The molecule has 1 N–H and O–H groups in total. The summed E-state index contributed by atoms with van der Waals surface area (Å²) in [6, 6.07) is 2.07. The smallest absolute Gasteiger partial charge is 0.138 e. The van der Waals surface area contributed by atoms with Gasteiger partial charge >= 0.3 is 0 Å². The third kappa shape index (κ3) is 2.62. The Hall–Kier alpha value is -1.20. The van der Waals surface area contributed by atoms with Gasteiger partial charge in [-0.25, -0.2) is 9.97 Å². The second kappa shape index (κ2) is 5.63. The summed E-state index contributed by atoms with van der Waals surface area (Å²) in [6.45, 7) is 1.83. The van der Waals surface area contributed by atoms with Gasteiger partial charge in [0.25, 0.3) is 0 Å². The van der Waals surface area contributed by atoms with Crippen molar-refractivity contribution in [2.24, 2.45) is 0 Å². The summed E-state index contributed by atoms with van der Waals surface area (Å²) in [5.41, 5.74) is 0. The van der Waals surface area contributed by atoms with Crippen LogP contribution >= 0.6 is 11.3 Å². The standard InChI is InChI=1S/C13H17N3OS/c1-2-7-17-10(3-1)4-6-14-12-11-5-8-18-13(11)16-9-15-12/h5,8-10H,1-4,6-7H2,(H,14,15,16). The van der Waals surface area contributed by atoms with Crippen molar-refractivity contribution >= 4 is 27.4 Å². The summed E-state index contributed by atoms with van der Waals surface area (Å²) < 4.78 is 5.72. The molecule has 2 aromatic rings. The Morgan fingerprint density at radius 1 is 1.39 bits per heavy atom. The van der Waals surface area contributed by atoms with Crippen LogP contribution in [-0.4, -0.2) is 29.2 Å². The molecule has 1 saturated heterocycles. The first kappa shape index (κ1) is 11.9. The Balaban J connectivity index is 1.57. The molecule has 18 heavy (non-hydrogen) atoms. The van der Waals surface area contributed by atoms with Crippen molar-refractivity contribution in [3.8, 4) is 0 Å². The van der Waals surface area contributed by atoms with Gasteiger partial charge in [0.1, 0.15) is 17.0 Å². The third-order valence-electron chi connectivity index (χ3n) is 3.29. The first-order valence-electron chi connectivity index (χ1n) is 6.47. The van der Waals surface area contributed by atoms with Gasteiger partial charge in [0.05, 0.1) is 11.5 Å². The minimum atomic E-state index is 0.422. The number of hydrogen-bond acceptors (Lipinski definition) is 5. The first-order chi connectivity index (χ1) is 8.93. The van der Waals surface area contributed by atoms with Gasteiger partial charge in [-0.15, -0.1) is 11.3 Å². The van der Waals surface area contributed by atoms with E-state index in [2.05, 4.69) is 26.7 Å². The Bertz CT molecular complexity index is 508. The minimum absolute atomic E-state index is 0.422. The molecule has 4 nitrogen and oxygen atoms in total. The Morgan fingerprint density at radius 3 is 3.28 bits per heavy atom. The van der Waals surface area contributed by atoms with Crippen molar-refractivity contribution in [2.45, 2.75) is 31.8 Å². The zero-order valence-electron chi connectivity index (χ0n) is 10.3. The van der Waals surface area contributed by atoms with Gasteiger partial charge in [0, 0.05) is 13.2 Å². The molecule has 1 aliphatic rings. The summed E-state index contributed by atoms with van der Waals surface area (Å²) in [7, 11) is 0. The van der Waals surface area contributed by atoms with E-state index in [1.54, 1.807) is 17.7 Å². The van der Waals surface area contributed by atoms with Crippen LogP contribution in [0.25, 0.3) is 10.2 Å². The van der Waals surface area contributed by atoms with Crippen molar-refractivity contribution < 1.29 is 4.74 Å². The van der Waals surface area contributed by atoms with Crippen molar-refractivity contribution in [2.75, 3.05) is 18.5 Å². The number of ether oxygens (including phenoxy) is 1. The molecule has 0 spiro atoms. The number of hydrogen-bond donors (Lipinski definition) is 1. The number of thiophene rings is 1. The molecule has 3 heterocycles.